The van der Waals surface area contributed by atoms with Crippen molar-refractivity contribution < 1.29 is 14.7 Å². The van der Waals surface area contributed by atoms with Crippen LogP contribution in [0.5, 0.6) is 0 Å². The van der Waals surface area contributed by atoms with Gasteiger partial charge in [-0.2, -0.15) is 0 Å². The normalized spacial score (nSPS) is 10.9. The summed E-state index contributed by atoms with van der Waals surface area (Å²) in [6.07, 6.45) is 2.94. The van der Waals surface area contributed by atoms with Crippen molar-refractivity contribution >= 4 is 34.4 Å². The van der Waals surface area contributed by atoms with Crippen molar-refractivity contribution in [2.24, 2.45) is 0 Å². The fourth-order valence-corrected chi connectivity index (χ4v) is 4.92. The Morgan fingerprint density at radius 2 is 1.57 bits per heavy atom. The highest BCUT2D eigenvalue weighted by atomic mass is 16.4. The van der Waals surface area contributed by atoms with Crippen molar-refractivity contribution in [1.29, 1.82) is 0 Å². The van der Waals surface area contributed by atoms with E-state index < -0.39 is 5.97 Å². The number of carbonyl (C=O) groups excluding carboxylic acids is 1. The molecule has 1 heterocycles. The molecule has 0 aliphatic carbocycles. The summed E-state index contributed by atoms with van der Waals surface area (Å²) >= 11 is 0. The molecule has 0 bridgehead atoms. The first-order valence-corrected chi connectivity index (χ1v) is 13.5. The maximum atomic E-state index is 12.7. The van der Waals surface area contributed by atoms with Crippen LogP contribution in [-0.4, -0.2) is 26.7 Å². The van der Waals surface area contributed by atoms with Gasteiger partial charge in [0.2, 0.25) is 0 Å². The molecule has 2 amide bonds. The molecular formula is C33H32N4O3. The van der Waals surface area contributed by atoms with Crippen LogP contribution in [0, 0.1) is 6.92 Å². The molecule has 0 aliphatic heterocycles. The van der Waals surface area contributed by atoms with Gasteiger partial charge in [0.05, 0.1) is 16.6 Å². The van der Waals surface area contributed by atoms with Crippen molar-refractivity contribution in [3.63, 3.8) is 0 Å². The minimum atomic E-state index is -0.942. The zero-order valence-electron chi connectivity index (χ0n) is 22.6. The standard InChI is InChI=1S/C33H32N4O3/c1-3-4-14-30-36-31-22(2)19-26(35-33(40)34-25-10-6-5-7-11-25)20-29(31)37(30)21-23-15-17-24(18-16-23)27-12-8-9-13-28(27)32(38)39/h5-13,15-20H,3-4,14,21H2,1-2H3,(H,38,39)(H2,34,35,40). The Balaban J connectivity index is 1.45. The molecule has 40 heavy (non-hydrogen) atoms. The Labute approximate surface area is 233 Å². The van der Waals surface area contributed by atoms with Crippen LogP contribution in [0.25, 0.3) is 22.2 Å². The second-order valence-electron chi connectivity index (χ2n) is 9.87. The number of hydrogen-bond donors (Lipinski definition) is 3. The zero-order chi connectivity index (χ0) is 28.1. The molecule has 0 radical (unpaired) electrons. The average Bonchev–Trinajstić information content (AvgIpc) is 3.30. The molecule has 202 valence electrons. The summed E-state index contributed by atoms with van der Waals surface area (Å²) in [5, 5.41) is 15.4. The minimum Gasteiger partial charge on any atom is -0.478 e. The molecule has 0 unspecified atom stereocenters. The quantitative estimate of drug-likeness (QED) is 0.181. The number of carbonyl (C=O) groups is 2. The number of aryl methyl sites for hydroxylation is 2. The summed E-state index contributed by atoms with van der Waals surface area (Å²) in [4.78, 5) is 29.4. The highest BCUT2D eigenvalue weighted by molar-refractivity contribution is 6.01. The minimum absolute atomic E-state index is 0.282. The number of carboxylic acid groups (broad SMARTS) is 1. The first-order valence-electron chi connectivity index (χ1n) is 13.5. The number of nitrogens with one attached hydrogen (secondary N) is 2. The third kappa shape index (κ3) is 5.89. The van der Waals surface area contributed by atoms with Gasteiger partial charge in [0.1, 0.15) is 5.82 Å². The monoisotopic (exact) mass is 532 g/mol. The lowest BCUT2D eigenvalue weighted by molar-refractivity contribution is 0.0697. The first kappa shape index (κ1) is 26.7. The van der Waals surface area contributed by atoms with E-state index >= 15 is 0 Å². The van der Waals surface area contributed by atoms with Gasteiger partial charge in [-0.1, -0.05) is 74.0 Å². The Morgan fingerprint density at radius 1 is 0.875 bits per heavy atom. The number of fused-ring (bicyclic) bond motifs is 1. The lowest BCUT2D eigenvalue weighted by atomic mass is 9.99. The molecule has 3 N–H and O–H groups in total. The number of amides is 2. The number of carboxylic acids is 1. The zero-order valence-corrected chi connectivity index (χ0v) is 22.6. The van der Waals surface area contributed by atoms with E-state index in [1.54, 1.807) is 12.1 Å². The van der Waals surface area contributed by atoms with Gasteiger partial charge in [0.15, 0.2) is 0 Å². The number of unbranched alkanes of at least 4 members (excludes halogenated alkanes) is 1. The molecule has 7 nitrogen and oxygen atoms in total. The summed E-state index contributed by atoms with van der Waals surface area (Å²) < 4.78 is 2.22. The lowest BCUT2D eigenvalue weighted by Crippen LogP contribution is -2.19. The van der Waals surface area contributed by atoms with Crippen LogP contribution < -0.4 is 10.6 Å². The van der Waals surface area contributed by atoms with E-state index in [1.807, 2.05) is 85.8 Å². The average molecular weight is 533 g/mol. The van der Waals surface area contributed by atoms with Gasteiger partial charge in [-0.25, -0.2) is 14.6 Å². The van der Waals surface area contributed by atoms with Crippen LogP contribution in [0.1, 0.15) is 47.1 Å². The van der Waals surface area contributed by atoms with Crippen LogP contribution in [0.15, 0.2) is 91.0 Å². The second kappa shape index (κ2) is 11.9. The number of rotatable bonds is 9. The number of imidazole rings is 1. The largest absolute Gasteiger partial charge is 0.478 e. The number of benzene rings is 4. The first-order chi connectivity index (χ1) is 19.4. The summed E-state index contributed by atoms with van der Waals surface area (Å²) in [7, 11) is 0. The maximum Gasteiger partial charge on any atom is 0.336 e. The molecule has 0 fully saturated rings. The Kier molecular flexibility index (Phi) is 7.92. The van der Waals surface area contributed by atoms with Crippen molar-refractivity contribution in [1.82, 2.24) is 9.55 Å². The predicted octanol–water partition coefficient (Wildman–Crippen LogP) is 7.74. The molecule has 0 saturated carbocycles. The number of anilines is 2. The van der Waals surface area contributed by atoms with Crippen molar-refractivity contribution in [2.45, 2.75) is 39.7 Å². The molecule has 5 aromatic rings. The highest BCUT2D eigenvalue weighted by Gasteiger charge is 2.16. The highest BCUT2D eigenvalue weighted by Crippen LogP contribution is 2.28. The number of nitrogens with zero attached hydrogens (tertiary/aromatic N) is 2. The van der Waals surface area contributed by atoms with E-state index in [2.05, 4.69) is 22.1 Å². The Morgan fingerprint density at radius 3 is 2.30 bits per heavy atom. The van der Waals surface area contributed by atoms with Gasteiger partial charge in [-0.05, 0) is 65.9 Å². The van der Waals surface area contributed by atoms with E-state index in [0.717, 1.165) is 58.5 Å². The van der Waals surface area contributed by atoms with Gasteiger partial charge in [0.25, 0.3) is 0 Å². The van der Waals surface area contributed by atoms with Crippen LogP contribution in [-0.2, 0) is 13.0 Å². The predicted molar refractivity (Wildman–Crippen MR) is 160 cm³/mol. The van der Waals surface area contributed by atoms with Gasteiger partial charge < -0.3 is 20.3 Å². The van der Waals surface area contributed by atoms with Crippen LogP contribution >= 0.6 is 0 Å². The summed E-state index contributed by atoms with van der Waals surface area (Å²) in [6.45, 7) is 4.78. The fourth-order valence-electron chi connectivity index (χ4n) is 4.92. The number of urea groups is 1. The van der Waals surface area contributed by atoms with Crippen LogP contribution in [0.2, 0.25) is 0 Å². The van der Waals surface area contributed by atoms with Crippen molar-refractivity contribution in [2.75, 3.05) is 10.6 Å². The topological polar surface area (TPSA) is 96.3 Å². The maximum absolute atomic E-state index is 12.7. The van der Waals surface area contributed by atoms with E-state index in [4.69, 9.17) is 4.98 Å². The fraction of sp³-hybridized carbons (Fsp3) is 0.182. The third-order valence-electron chi connectivity index (χ3n) is 6.93. The molecule has 1 aromatic heterocycles. The van der Waals surface area contributed by atoms with Gasteiger partial charge in [-0.3, -0.25) is 0 Å². The van der Waals surface area contributed by atoms with Crippen molar-refractivity contribution in [3.05, 3.63) is 114 Å². The third-order valence-corrected chi connectivity index (χ3v) is 6.93. The van der Waals surface area contributed by atoms with Gasteiger partial charge in [-0.15, -0.1) is 0 Å². The smallest absolute Gasteiger partial charge is 0.336 e. The van der Waals surface area contributed by atoms with Crippen molar-refractivity contribution in [3.8, 4) is 11.1 Å². The van der Waals surface area contributed by atoms with Gasteiger partial charge >= 0.3 is 12.0 Å². The molecule has 5 rings (SSSR count). The van der Waals surface area contributed by atoms with Gasteiger partial charge in [0, 0.05) is 24.3 Å². The SMILES string of the molecule is CCCCc1nc2c(C)cc(NC(=O)Nc3ccccc3)cc2n1Cc1ccc(-c2ccccc2C(=O)O)cc1. The Bertz CT molecular complexity index is 1660. The van der Waals surface area contributed by atoms with Crippen LogP contribution in [0.3, 0.4) is 0 Å². The molecule has 0 atom stereocenters. The van der Waals surface area contributed by atoms with Crippen LogP contribution in [0.4, 0.5) is 16.2 Å². The molecular weight excluding hydrogens is 500 g/mol. The van der Waals surface area contributed by atoms with E-state index in [1.165, 1.54) is 0 Å². The van der Waals surface area contributed by atoms with E-state index in [0.29, 0.717) is 17.8 Å². The number of hydrogen-bond acceptors (Lipinski definition) is 3. The number of para-hydroxylation sites is 1. The number of aromatic nitrogens is 2. The molecule has 0 spiro atoms. The molecule has 7 heteroatoms. The second-order valence-corrected chi connectivity index (χ2v) is 9.87. The lowest BCUT2D eigenvalue weighted by Gasteiger charge is -2.13. The Hall–Kier alpha value is -4.91. The molecule has 0 saturated heterocycles. The summed E-state index contributed by atoms with van der Waals surface area (Å²) in [6, 6.07) is 28.0. The molecule has 4 aromatic carbocycles. The molecule has 0 aliphatic rings. The van der Waals surface area contributed by atoms with E-state index in [-0.39, 0.29) is 11.6 Å². The van der Waals surface area contributed by atoms with E-state index in [9.17, 15) is 14.7 Å². The summed E-state index contributed by atoms with van der Waals surface area (Å²) in [5.41, 5.74) is 7.20. The number of aromatic carboxylic acids is 1. The summed E-state index contributed by atoms with van der Waals surface area (Å²) in [5.74, 6) is 0.0634.